The van der Waals surface area contributed by atoms with E-state index >= 15 is 0 Å². The molecule has 0 aromatic carbocycles. The molecule has 0 aliphatic carbocycles. The van der Waals surface area contributed by atoms with Gasteiger partial charge in [0.2, 0.25) is 0 Å². The van der Waals surface area contributed by atoms with Crippen molar-refractivity contribution < 1.29 is 14.6 Å². The number of hydrogen-bond acceptors (Lipinski definition) is 3. The van der Waals surface area contributed by atoms with E-state index in [0.29, 0.717) is 13.1 Å². The van der Waals surface area contributed by atoms with E-state index in [0.717, 1.165) is 6.42 Å². The Labute approximate surface area is 85.9 Å². The molecule has 0 aromatic rings. The minimum atomic E-state index is -0.474. The van der Waals surface area contributed by atoms with Crippen LogP contribution in [0.1, 0.15) is 34.1 Å². The van der Waals surface area contributed by atoms with Gasteiger partial charge in [0.05, 0.1) is 6.61 Å². The summed E-state index contributed by atoms with van der Waals surface area (Å²) in [5.41, 5.74) is -0.474. The largest absolute Gasteiger partial charge is 0.444 e. The van der Waals surface area contributed by atoms with E-state index < -0.39 is 5.60 Å². The number of aliphatic hydroxyl groups excluding tert-OH is 1. The second-order valence-corrected chi connectivity index (χ2v) is 4.19. The summed E-state index contributed by atoms with van der Waals surface area (Å²) >= 11 is 0. The third kappa shape index (κ3) is 5.80. The normalized spacial score (nSPS) is 11.2. The van der Waals surface area contributed by atoms with Crippen LogP contribution >= 0.6 is 0 Å². The highest BCUT2D eigenvalue weighted by Crippen LogP contribution is 2.09. The van der Waals surface area contributed by atoms with Crippen molar-refractivity contribution in [1.82, 2.24) is 4.90 Å². The van der Waals surface area contributed by atoms with Crippen molar-refractivity contribution in [3.05, 3.63) is 0 Å². The second kappa shape index (κ2) is 5.86. The average molecular weight is 203 g/mol. The molecule has 0 aromatic heterocycles. The van der Waals surface area contributed by atoms with Crippen molar-refractivity contribution in [1.29, 1.82) is 0 Å². The Hall–Kier alpha value is -0.770. The Morgan fingerprint density at radius 2 is 1.93 bits per heavy atom. The van der Waals surface area contributed by atoms with Gasteiger partial charge in [-0.1, -0.05) is 6.92 Å². The Morgan fingerprint density at radius 1 is 1.36 bits per heavy atom. The second-order valence-electron chi connectivity index (χ2n) is 4.19. The smallest absolute Gasteiger partial charge is 0.410 e. The molecule has 0 aliphatic heterocycles. The van der Waals surface area contributed by atoms with Gasteiger partial charge in [-0.05, 0) is 27.2 Å². The molecule has 0 saturated carbocycles. The number of carbonyl (C=O) groups is 1. The van der Waals surface area contributed by atoms with Crippen molar-refractivity contribution in [2.24, 2.45) is 0 Å². The van der Waals surface area contributed by atoms with E-state index in [1.54, 1.807) is 0 Å². The highest BCUT2D eigenvalue weighted by molar-refractivity contribution is 5.68. The van der Waals surface area contributed by atoms with E-state index in [4.69, 9.17) is 9.84 Å². The molecule has 84 valence electrons. The lowest BCUT2D eigenvalue weighted by Crippen LogP contribution is -2.38. The van der Waals surface area contributed by atoms with Gasteiger partial charge in [0, 0.05) is 13.1 Å². The fourth-order valence-corrected chi connectivity index (χ4v) is 1.01. The molecule has 0 fully saturated rings. The molecule has 0 unspecified atom stereocenters. The Kier molecular flexibility index (Phi) is 5.53. The van der Waals surface area contributed by atoms with Crippen LogP contribution in [0, 0.1) is 0 Å². The van der Waals surface area contributed by atoms with Crippen LogP contribution in [0.3, 0.4) is 0 Å². The zero-order chi connectivity index (χ0) is 11.2. The van der Waals surface area contributed by atoms with Gasteiger partial charge in [0.1, 0.15) is 5.60 Å². The summed E-state index contributed by atoms with van der Waals surface area (Å²) in [6.07, 6.45) is 0.507. The van der Waals surface area contributed by atoms with Gasteiger partial charge in [-0.15, -0.1) is 0 Å². The van der Waals surface area contributed by atoms with Crippen LogP contribution in [-0.2, 0) is 4.74 Å². The Bertz CT molecular complexity index is 169. The summed E-state index contributed by atoms with van der Waals surface area (Å²) in [5, 5.41) is 8.76. The van der Waals surface area contributed by atoms with Crippen molar-refractivity contribution in [2.75, 3.05) is 19.7 Å². The zero-order valence-corrected chi connectivity index (χ0v) is 9.54. The van der Waals surface area contributed by atoms with Crippen molar-refractivity contribution >= 4 is 6.09 Å². The Balaban J connectivity index is 4.14. The highest BCUT2D eigenvalue weighted by atomic mass is 16.6. The molecule has 0 heterocycles. The first-order valence-corrected chi connectivity index (χ1v) is 4.99. The SMILES string of the molecule is CCCN(CCO)C(=O)OC(C)(C)C. The zero-order valence-electron chi connectivity index (χ0n) is 9.54. The number of nitrogens with zero attached hydrogens (tertiary/aromatic N) is 1. The van der Waals surface area contributed by atoms with E-state index in [2.05, 4.69) is 0 Å². The molecule has 4 nitrogen and oxygen atoms in total. The number of hydrogen-bond donors (Lipinski definition) is 1. The molecule has 0 aliphatic rings. The molecule has 0 saturated heterocycles. The quantitative estimate of drug-likeness (QED) is 0.755. The van der Waals surface area contributed by atoms with E-state index in [1.807, 2.05) is 27.7 Å². The summed E-state index contributed by atoms with van der Waals surface area (Å²) in [4.78, 5) is 13.1. The van der Waals surface area contributed by atoms with Crippen molar-refractivity contribution in [2.45, 2.75) is 39.7 Å². The monoisotopic (exact) mass is 203 g/mol. The summed E-state index contributed by atoms with van der Waals surface area (Å²) in [6, 6.07) is 0. The summed E-state index contributed by atoms with van der Waals surface area (Å²) in [6.45, 7) is 8.39. The first-order valence-electron chi connectivity index (χ1n) is 4.99. The van der Waals surface area contributed by atoms with Gasteiger partial charge in [0.25, 0.3) is 0 Å². The standard InChI is InChI=1S/C10H21NO3/c1-5-6-11(7-8-12)9(13)14-10(2,3)4/h12H,5-8H2,1-4H3. The van der Waals surface area contributed by atoms with Crippen LogP contribution in [0.2, 0.25) is 0 Å². The predicted octanol–water partition coefficient (Wildman–Crippen LogP) is 1.63. The van der Waals surface area contributed by atoms with Gasteiger partial charge in [-0.2, -0.15) is 0 Å². The van der Waals surface area contributed by atoms with Crippen LogP contribution in [0.5, 0.6) is 0 Å². The molecule has 0 atom stereocenters. The third-order valence-electron chi connectivity index (χ3n) is 1.52. The number of aliphatic hydroxyl groups is 1. The Morgan fingerprint density at radius 3 is 2.29 bits per heavy atom. The van der Waals surface area contributed by atoms with Crippen LogP contribution in [0.25, 0.3) is 0 Å². The maximum Gasteiger partial charge on any atom is 0.410 e. The lowest BCUT2D eigenvalue weighted by molar-refractivity contribution is 0.0219. The molecule has 4 heteroatoms. The molecule has 1 amide bonds. The predicted molar refractivity (Wildman–Crippen MR) is 55.2 cm³/mol. The number of ether oxygens (including phenoxy) is 1. The van der Waals surface area contributed by atoms with Crippen LogP contribution in [0.15, 0.2) is 0 Å². The molecule has 1 N–H and O–H groups in total. The molecule has 0 bridgehead atoms. The van der Waals surface area contributed by atoms with Gasteiger partial charge in [0.15, 0.2) is 0 Å². The van der Waals surface area contributed by atoms with Crippen LogP contribution in [0.4, 0.5) is 4.79 Å². The van der Waals surface area contributed by atoms with Crippen LogP contribution in [-0.4, -0.2) is 41.4 Å². The third-order valence-corrected chi connectivity index (χ3v) is 1.52. The maximum atomic E-state index is 11.5. The fourth-order valence-electron chi connectivity index (χ4n) is 1.01. The average Bonchev–Trinajstić information content (AvgIpc) is 2.01. The minimum absolute atomic E-state index is 0.0285. The van der Waals surface area contributed by atoms with E-state index in [9.17, 15) is 4.79 Å². The summed E-state index contributed by atoms with van der Waals surface area (Å²) in [5.74, 6) is 0. The van der Waals surface area contributed by atoms with Gasteiger partial charge in [-0.25, -0.2) is 4.79 Å². The first-order chi connectivity index (χ1) is 6.40. The lowest BCUT2D eigenvalue weighted by Gasteiger charge is -2.26. The number of carbonyl (C=O) groups excluding carboxylic acids is 1. The number of amides is 1. The highest BCUT2D eigenvalue weighted by Gasteiger charge is 2.20. The van der Waals surface area contributed by atoms with Gasteiger partial charge >= 0.3 is 6.09 Å². The van der Waals surface area contributed by atoms with Gasteiger partial charge in [-0.3, -0.25) is 0 Å². The van der Waals surface area contributed by atoms with E-state index in [-0.39, 0.29) is 12.7 Å². The molecule has 0 rings (SSSR count). The summed E-state index contributed by atoms with van der Waals surface area (Å²) in [7, 11) is 0. The minimum Gasteiger partial charge on any atom is -0.444 e. The lowest BCUT2D eigenvalue weighted by atomic mass is 10.2. The van der Waals surface area contributed by atoms with Crippen molar-refractivity contribution in [3.8, 4) is 0 Å². The van der Waals surface area contributed by atoms with Crippen LogP contribution < -0.4 is 0 Å². The maximum absolute atomic E-state index is 11.5. The van der Waals surface area contributed by atoms with E-state index in [1.165, 1.54) is 4.90 Å². The number of rotatable bonds is 4. The first kappa shape index (κ1) is 13.2. The summed E-state index contributed by atoms with van der Waals surface area (Å²) < 4.78 is 5.18. The van der Waals surface area contributed by atoms with Crippen molar-refractivity contribution in [3.63, 3.8) is 0 Å². The molecular weight excluding hydrogens is 182 g/mol. The molecular formula is C10H21NO3. The topological polar surface area (TPSA) is 49.8 Å². The fraction of sp³-hybridized carbons (Fsp3) is 0.900. The molecule has 0 spiro atoms. The molecule has 14 heavy (non-hydrogen) atoms. The van der Waals surface area contributed by atoms with Gasteiger partial charge < -0.3 is 14.7 Å². The molecule has 0 radical (unpaired) electrons.